The third kappa shape index (κ3) is 8.87. The Balaban J connectivity index is 0.000000387. The molecule has 4 rings (SSSR count). The lowest BCUT2D eigenvalue weighted by Gasteiger charge is -2.19. The summed E-state index contributed by atoms with van der Waals surface area (Å²) in [6, 6.07) is 12.8. The van der Waals surface area contributed by atoms with Crippen molar-refractivity contribution in [3.8, 4) is 5.75 Å². The number of nitrogens with zero attached hydrogens (tertiary/aromatic N) is 2. The molecule has 40 heavy (non-hydrogen) atoms. The summed E-state index contributed by atoms with van der Waals surface area (Å²) in [6.45, 7) is 1.32. The maximum Gasteiger partial charge on any atom is 0.274 e. The van der Waals surface area contributed by atoms with Crippen molar-refractivity contribution in [1.29, 1.82) is 0 Å². The van der Waals surface area contributed by atoms with Crippen LogP contribution in [0.4, 0.5) is 14.5 Å². The molecular formula is C28H32ClF2N3O6. The minimum atomic E-state index is -1.13. The zero-order valence-corrected chi connectivity index (χ0v) is 23.1. The van der Waals surface area contributed by atoms with Gasteiger partial charge in [-0.3, -0.25) is 14.4 Å². The van der Waals surface area contributed by atoms with E-state index in [0.717, 1.165) is 17.2 Å². The van der Waals surface area contributed by atoms with E-state index < -0.39 is 41.7 Å². The number of hydrogen-bond acceptors (Lipinski definition) is 6. The summed E-state index contributed by atoms with van der Waals surface area (Å²) in [6.07, 6.45) is 0.775. The van der Waals surface area contributed by atoms with Crippen LogP contribution in [0.1, 0.15) is 23.5 Å². The Morgan fingerprint density at radius 1 is 1.18 bits per heavy atom. The molecule has 1 aromatic heterocycles. The Labute approximate surface area is 235 Å². The highest BCUT2D eigenvalue weighted by Crippen LogP contribution is 2.35. The molecule has 0 spiro atoms. The molecule has 12 heteroatoms. The number of halogens is 3. The van der Waals surface area contributed by atoms with E-state index in [0.29, 0.717) is 6.41 Å². The fraction of sp³-hybridized carbons (Fsp3) is 0.321. The van der Waals surface area contributed by atoms with Crippen molar-refractivity contribution >= 4 is 29.6 Å². The van der Waals surface area contributed by atoms with Gasteiger partial charge in [-0.2, -0.15) is 0 Å². The number of pyridine rings is 1. The number of anilines is 1. The number of carbonyl (C=O) groups excluding carboxylic acids is 2. The molecule has 2 aromatic carbocycles. The maximum atomic E-state index is 14.4. The largest absolute Gasteiger partial charge is 0.497 e. The van der Waals surface area contributed by atoms with E-state index in [1.807, 2.05) is 31.2 Å². The second-order valence-electron chi connectivity index (χ2n) is 8.80. The summed E-state index contributed by atoms with van der Waals surface area (Å²) >= 11 is 5.61. The van der Waals surface area contributed by atoms with Crippen molar-refractivity contribution in [1.82, 2.24) is 9.88 Å². The molecule has 2 amide bonds. The van der Waals surface area contributed by atoms with Crippen molar-refractivity contribution in [2.24, 2.45) is 0 Å². The number of aromatic nitrogens is 1. The fourth-order valence-electron chi connectivity index (χ4n) is 3.89. The van der Waals surface area contributed by atoms with Gasteiger partial charge in [0.05, 0.1) is 26.4 Å². The van der Waals surface area contributed by atoms with Crippen LogP contribution in [-0.2, 0) is 16.1 Å². The summed E-state index contributed by atoms with van der Waals surface area (Å²) in [4.78, 5) is 35.3. The molecule has 3 N–H and O–H groups in total. The Morgan fingerprint density at radius 2 is 1.77 bits per heavy atom. The van der Waals surface area contributed by atoms with Crippen molar-refractivity contribution in [2.45, 2.75) is 31.9 Å². The second-order valence-corrected chi connectivity index (χ2v) is 9.24. The number of aliphatic hydroxyl groups excluding tert-OH is 2. The fourth-order valence-corrected chi connectivity index (χ4v) is 4.02. The van der Waals surface area contributed by atoms with Gasteiger partial charge < -0.3 is 29.7 Å². The summed E-state index contributed by atoms with van der Waals surface area (Å²) in [7, 11) is 2.86. The number of ether oxygens (including phenoxy) is 1. The lowest BCUT2D eigenvalue weighted by molar-refractivity contribution is -0.117. The first-order chi connectivity index (χ1) is 19.1. The number of carbonyl (C=O) groups is 2. The van der Waals surface area contributed by atoms with Crippen LogP contribution >= 0.6 is 11.6 Å². The Bertz CT molecular complexity index is 1290. The predicted octanol–water partition coefficient (Wildman–Crippen LogP) is 3.02. The minimum Gasteiger partial charge on any atom is -0.497 e. The number of amides is 2. The van der Waals surface area contributed by atoms with Crippen LogP contribution in [0.25, 0.3) is 0 Å². The maximum absolute atomic E-state index is 14.4. The molecule has 1 aliphatic heterocycles. The average molecular weight is 580 g/mol. The summed E-state index contributed by atoms with van der Waals surface area (Å²) in [5.41, 5.74) is 0.534. The number of aliphatic hydroxyl groups is 2. The van der Waals surface area contributed by atoms with E-state index in [2.05, 4.69) is 5.32 Å². The molecule has 2 atom stereocenters. The number of rotatable bonds is 7. The SMILES string of the molecule is CNC=O.COc1cc(F)c(C2CC(=O)N(c3cccn(CC(O)CO)c3=O)C2)c(F)c1.Cc1ccc(Cl)cc1. The topological polar surface area (TPSA) is 121 Å². The van der Waals surface area contributed by atoms with E-state index in [9.17, 15) is 23.5 Å². The quantitative estimate of drug-likeness (QED) is 0.370. The number of hydrogen-bond donors (Lipinski definition) is 3. The van der Waals surface area contributed by atoms with E-state index in [1.54, 1.807) is 7.05 Å². The highest BCUT2D eigenvalue weighted by Gasteiger charge is 2.36. The summed E-state index contributed by atoms with van der Waals surface area (Å²) in [5, 5.41) is 21.6. The van der Waals surface area contributed by atoms with Crippen molar-refractivity contribution in [3.05, 3.63) is 92.9 Å². The normalized spacial score (nSPS) is 14.8. The number of aryl methyl sites for hydroxylation is 1. The van der Waals surface area contributed by atoms with Gasteiger partial charge in [-0.1, -0.05) is 29.3 Å². The van der Waals surface area contributed by atoms with Crippen LogP contribution in [0.3, 0.4) is 0 Å². The molecule has 0 aliphatic carbocycles. The molecule has 3 aromatic rings. The van der Waals surface area contributed by atoms with Gasteiger partial charge in [0.2, 0.25) is 12.3 Å². The molecule has 9 nitrogen and oxygen atoms in total. The Hall–Kier alpha value is -3.80. The van der Waals surface area contributed by atoms with Gasteiger partial charge >= 0.3 is 0 Å². The molecular weight excluding hydrogens is 548 g/mol. The zero-order valence-electron chi connectivity index (χ0n) is 22.3. The molecule has 0 radical (unpaired) electrons. The zero-order chi connectivity index (χ0) is 29.8. The van der Waals surface area contributed by atoms with Crippen LogP contribution in [0, 0.1) is 18.6 Å². The number of nitrogens with one attached hydrogen (secondary N) is 1. The van der Waals surface area contributed by atoms with Gasteiger partial charge in [0.1, 0.15) is 23.1 Å². The predicted molar refractivity (Wildman–Crippen MR) is 148 cm³/mol. The molecule has 0 saturated carbocycles. The monoisotopic (exact) mass is 579 g/mol. The molecule has 0 bridgehead atoms. The molecule has 1 aliphatic rings. The number of methoxy groups -OCH3 is 1. The van der Waals surface area contributed by atoms with Gasteiger partial charge in [-0.05, 0) is 31.2 Å². The molecule has 216 valence electrons. The minimum absolute atomic E-state index is 0.0355. The Morgan fingerprint density at radius 3 is 2.27 bits per heavy atom. The second kappa shape index (κ2) is 15.7. The average Bonchev–Trinajstić information content (AvgIpc) is 3.31. The lowest BCUT2D eigenvalue weighted by Crippen LogP contribution is -2.35. The van der Waals surface area contributed by atoms with Gasteiger partial charge in [0, 0.05) is 54.8 Å². The van der Waals surface area contributed by atoms with Gasteiger partial charge in [0.15, 0.2) is 0 Å². The van der Waals surface area contributed by atoms with E-state index in [4.69, 9.17) is 26.2 Å². The van der Waals surface area contributed by atoms with Crippen molar-refractivity contribution in [2.75, 3.05) is 32.2 Å². The van der Waals surface area contributed by atoms with Gasteiger partial charge in [0.25, 0.3) is 5.56 Å². The smallest absolute Gasteiger partial charge is 0.274 e. The number of benzene rings is 2. The first-order valence-corrected chi connectivity index (χ1v) is 12.6. The molecule has 1 saturated heterocycles. The Kier molecular flexibility index (Phi) is 12.7. The van der Waals surface area contributed by atoms with Crippen LogP contribution in [0.2, 0.25) is 5.02 Å². The highest BCUT2D eigenvalue weighted by molar-refractivity contribution is 6.30. The van der Waals surface area contributed by atoms with E-state index >= 15 is 0 Å². The first-order valence-electron chi connectivity index (χ1n) is 12.2. The van der Waals surface area contributed by atoms with Gasteiger partial charge in [-0.25, -0.2) is 8.78 Å². The summed E-state index contributed by atoms with van der Waals surface area (Å²) < 4.78 is 34.7. The third-order valence-electron chi connectivity index (χ3n) is 5.86. The molecule has 2 unspecified atom stereocenters. The summed E-state index contributed by atoms with van der Waals surface area (Å²) in [5.74, 6) is -2.78. The van der Waals surface area contributed by atoms with Gasteiger partial charge in [-0.15, -0.1) is 0 Å². The third-order valence-corrected chi connectivity index (χ3v) is 6.11. The molecule has 2 heterocycles. The van der Waals surface area contributed by atoms with Crippen LogP contribution < -0.4 is 20.5 Å². The van der Waals surface area contributed by atoms with Crippen molar-refractivity contribution < 1.29 is 33.3 Å². The van der Waals surface area contributed by atoms with Crippen LogP contribution in [0.15, 0.2) is 59.5 Å². The van der Waals surface area contributed by atoms with Crippen molar-refractivity contribution in [3.63, 3.8) is 0 Å². The molecule has 1 fully saturated rings. The van der Waals surface area contributed by atoms with E-state index in [-0.39, 0.29) is 36.5 Å². The van der Waals surface area contributed by atoms with Crippen LogP contribution in [-0.4, -0.2) is 60.5 Å². The standard InChI is InChI=1S/C19H20F2N2O5.C7H7Cl.C2H5NO/c1-28-13-6-14(20)18(15(21)7-13)11-5-17(26)23(8-11)16-3-2-4-22(19(16)27)9-12(25)10-24;1-6-2-4-7(8)5-3-6;1-3-2-4/h2-4,6-7,11-12,24-25H,5,8-10H2,1H3;2-5H,1H3;2H,1H3,(H,3,4). The first kappa shape index (κ1) is 32.4. The lowest BCUT2D eigenvalue weighted by atomic mass is 9.97. The van der Waals surface area contributed by atoms with Crippen LogP contribution in [0.5, 0.6) is 5.75 Å². The highest BCUT2D eigenvalue weighted by atomic mass is 35.5. The van der Waals surface area contributed by atoms with E-state index in [1.165, 1.54) is 40.5 Å².